The van der Waals surface area contributed by atoms with Crippen molar-refractivity contribution in [3.05, 3.63) is 57.1 Å². The van der Waals surface area contributed by atoms with Crippen molar-refractivity contribution in [3.63, 3.8) is 0 Å². The van der Waals surface area contributed by atoms with Crippen molar-refractivity contribution < 1.29 is 28.6 Å². The third kappa shape index (κ3) is 4.46. The number of carbonyl (C=O) groups is 3. The molecule has 0 aliphatic carbocycles. The van der Waals surface area contributed by atoms with Crippen LogP contribution in [0.4, 0.5) is 10.1 Å². The first-order valence-electron chi connectivity index (χ1n) is 12.8. The first kappa shape index (κ1) is 26.5. The Balaban J connectivity index is 1.48. The van der Waals surface area contributed by atoms with Crippen LogP contribution in [0, 0.1) is 11.7 Å². The van der Waals surface area contributed by atoms with Crippen LogP contribution in [0.1, 0.15) is 57.2 Å². The number of benzene rings is 1. The topological polar surface area (TPSA) is 140 Å². The van der Waals surface area contributed by atoms with Crippen LogP contribution in [-0.2, 0) is 37.9 Å². The number of ether oxygens (including phenoxy) is 1. The summed E-state index contributed by atoms with van der Waals surface area (Å²) in [6.45, 7) is 6.89. The Labute approximate surface area is 223 Å². The summed E-state index contributed by atoms with van der Waals surface area (Å²) in [6, 6.07) is 5.13. The smallest absolute Gasteiger partial charge is 0.343 e. The number of carbonyl (C=O) groups excluding carboxylic acids is 3. The lowest BCUT2D eigenvalue weighted by Gasteiger charge is -2.31. The van der Waals surface area contributed by atoms with Crippen LogP contribution < -0.4 is 16.2 Å². The second-order valence-electron chi connectivity index (χ2n) is 10.5. The maximum atomic E-state index is 15.0. The largest absolute Gasteiger partial charge is 0.458 e. The van der Waals surface area contributed by atoms with Crippen molar-refractivity contribution in [1.82, 2.24) is 14.9 Å². The van der Waals surface area contributed by atoms with Crippen molar-refractivity contribution in [2.24, 2.45) is 5.92 Å². The number of halogens is 1. The van der Waals surface area contributed by atoms with E-state index in [9.17, 15) is 24.3 Å². The van der Waals surface area contributed by atoms with Gasteiger partial charge in [0.2, 0.25) is 11.8 Å². The zero-order chi connectivity index (χ0) is 28.2. The normalized spacial score (nSPS) is 18.3. The Kier molecular flexibility index (Phi) is 6.50. The van der Waals surface area contributed by atoms with Crippen LogP contribution >= 0.6 is 0 Å². The van der Waals surface area contributed by atoms with Gasteiger partial charge >= 0.3 is 5.97 Å². The van der Waals surface area contributed by atoms with E-state index < -0.39 is 34.9 Å². The van der Waals surface area contributed by atoms with Gasteiger partial charge in [0.05, 0.1) is 34.7 Å². The fraction of sp³-hybridized carbons (Fsp3) is 0.393. The number of esters is 1. The molecule has 2 aliphatic heterocycles. The van der Waals surface area contributed by atoms with E-state index in [0.717, 1.165) is 0 Å². The van der Waals surface area contributed by atoms with Crippen LogP contribution in [0.5, 0.6) is 0 Å². The summed E-state index contributed by atoms with van der Waals surface area (Å²) in [5.41, 5.74) is -0.136. The van der Waals surface area contributed by atoms with Gasteiger partial charge in [0.15, 0.2) is 5.60 Å². The Morgan fingerprint density at radius 3 is 2.64 bits per heavy atom. The Morgan fingerprint density at radius 2 is 1.95 bits per heavy atom. The summed E-state index contributed by atoms with van der Waals surface area (Å²) < 4.78 is 21.6. The minimum Gasteiger partial charge on any atom is -0.458 e. The van der Waals surface area contributed by atoms with Crippen molar-refractivity contribution in [3.8, 4) is 11.4 Å². The number of hydrogen-bond donors (Lipinski definition) is 3. The van der Waals surface area contributed by atoms with Gasteiger partial charge in [0.25, 0.3) is 5.56 Å². The zero-order valence-corrected chi connectivity index (χ0v) is 22.1. The van der Waals surface area contributed by atoms with Gasteiger partial charge in [-0.05, 0) is 37.5 Å². The van der Waals surface area contributed by atoms with Gasteiger partial charge in [-0.3, -0.25) is 14.4 Å². The molecule has 2 amide bonds. The zero-order valence-electron chi connectivity index (χ0n) is 22.1. The number of amides is 2. The molecular formula is C28H29FN4O6. The van der Waals surface area contributed by atoms with Crippen LogP contribution in [0.2, 0.25) is 0 Å². The third-order valence-corrected chi connectivity index (χ3v) is 7.22. The fourth-order valence-corrected chi connectivity index (χ4v) is 5.08. The molecule has 2 atom stereocenters. The van der Waals surface area contributed by atoms with Gasteiger partial charge in [-0.2, -0.15) is 0 Å². The highest BCUT2D eigenvalue weighted by Crippen LogP contribution is 2.39. The first-order chi connectivity index (χ1) is 18.4. The molecule has 1 aromatic carbocycles. The number of nitrogens with one attached hydrogen (secondary N) is 2. The van der Waals surface area contributed by atoms with Crippen LogP contribution in [-0.4, -0.2) is 38.5 Å². The van der Waals surface area contributed by atoms with E-state index in [1.54, 1.807) is 19.1 Å². The van der Waals surface area contributed by atoms with E-state index in [2.05, 4.69) is 15.6 Å². The van der Waals surface area contributed by atoms with Crippen molar-refractivity contribution in [1.29, 1.82) is 0 Å². The first-order valence-corrected chi connectivity index (χ1v) is 12.8. The molecular weight excluding hydrogens is 507 g/mol. The van der Waals surface area contributed by atoms with Gasteiger partial charge < -0.3 is 25.0 Å². The molecule has 0 saturated heterocycles. The van der Waals surface area contributed by atoms with E-state index >= 15 is 4.39 Å². The average Bonchev–Trinajstić information content (AvgIpc) is 3.23. The Morgan fingerprint density at radius 1 is 1.21 bits per heavy atom. The number of aromatic nitrogens is 2. The molecule has 3 aromatic rings. The molecule has 5 rings (SSSR count). The van der Waals surface area contributed by atoms with E-state index in [-0.39, 0.29) is 54.6 Å². The highest BCUT2D eigenvalue weighted by atomic mass is 19.1. The number of anilines is 1. The van der Waals surface area contributed by atoms with E-state index in [1.165, 1.54) is 23.6 Å². The molecule has 0 spiro atoms. The second kappa shape index (κ2) is 9.57. The minimum absolute atomic E-state index is 0.0272. The number of fused-ring (bicyclic) bond motifs is 5. The van der Waals surface area contributed by atoms with Crippen LogP contribution in [0.15, 0.2) is 29.1 Å². The molecule has 0 saturated carbocycles. The predicted octanol–water partition coefficient (Wildman–Crippen LogP) is 2.71. The summed E-state index contributed by atoms with van der Waals surface area (Å²) in [4.78, 5) is 54.9. The van der Waals surface area contributed by atoms with Gasteiger partial charge in [0, 0.05) is 29.0 Å². The number of hydrogen-bond acceptors (Lipinski definition) is 7. The van der Waals surface area contributed by atoms with Gasteiger partial charge in [-0.15, -0.1) is 0 Å². The molecule has 3 N–H and O–H groups in total. The third-order valence-electron chi connectivity index (χ3n) is 7.22. The second-order valence-corrected chi connectivity index (χ2v) is 10.5. The van der Waals surface area contributed by atoms with E-state index in [0.29, 0.717) is 27.9 Å². The summed E-state index contributed by atoms with van der Waals surface area (Å²) in [7, 11) is 0. The molecule has 0 radical (unpaired) electrons. The maximum Gasteiger partial charge on any atom is 0.343 e. The monoisotopic (exact) mass is 536 g/mol. The summed E-state index contributed by atoms with van der Waals surface area (Å²) in [5.74, 6) is -2.22. The summed E-state index contributed by atoms with van der Waals surface area (Å²) in [5, 5.41) is 16.7. The predicted molar refractivity (Wildman–Crippen MR) is 140 cm³/mol. The van der Waals surface area contributed by atoms with Gasteiger partial charge in [-0.25, -0.2) is 14.2 Å². The number of cyclic esters (lactones) is 1. The molecule has 4 heterocycles. The van der Waals surface area contributed by atoms with Crippen molar-refractivity contribution in [2.75, 3.05) is 5.32 Å². The highest BCUT2D eigenvalue weighted by Gasteiger charge is 2.45. The maximum absolute atomic E-state index is 15.0. The fourth-order valence-electron chi connectivity index (χ4n) is 5.08. The van der Waals surface area contributed by atoms with Crippen LogP contribution in [0.25, 0.3) is 22.3 Å². The summed E-state index contributed by atoms with van der Waals surface area (Å²) in [6.07, 6.45) is 0.299. The molecule has 2 aliphatic rings. The molecule has 0 bridgehead atoms. The lowest BCUT2D eigenvalue weighted by Crippen LogP contribution is -2.44. The molecule has 2 aromatic heterocycles. The minimum atomic E-state index is -1.94. The number of aliphatic hydroxyl groups is 1. The Bertz CT molecular complexity index is 1610. The number of pyridine rings is 2. The Hall–Kier alpha value is -4.12. The van der Waals surface area contributed by atoms with Crippen molar-refractivity contribution >= 4 is 34.4 Å². The molecule has 39 heavy (non-hydrogen) atoms. The number of rotatable bonds is 6. The summed E-state index contributed by atoms with van der Waals surface area (Å²) >= 11 is 0. The molecule has 0 unspecified atom stereocenters. The van der Waals surface area contributed by atoms with E-state index in [4.69, 9.17) is 4.74 Å². The average molecular weight is 537 g/mol. The van der Waals surface area contributed by atoms with E-state index in [1.807, 2.05) is 13.8 Å². The standard InChI is InChI=1S/C28H29FN4O6/c1-5-28(38)18-9-22-24-16(11-33(22)26(36)17(18)12-39-27(28)37)7-15-8-21(19(29)10-20(15)31-24)32-25(35)14(4)30-23(34)6-13(2)3/h7-10,13-14,38H,5-6,11-12H2,1-4H3,(H,30,34)(H,32,35)/t14-,28-/m0/s1. The number of nitrogens with zero attached hydrogens (tertiary/aromatic N) is 2. The van der Waals surface area contributed by atoms with Crippen molar-refractivity contribution in [2.45, 2.75) is 65.3 Å². The quantitative estimate of drug-likeness (QED) is 0.322. The molecule has 10 nitrogen and oxygen atoms in total. The highest BCUT2D eigenvalue weighted by molar-refractivity contribution is 5.99. The SMILES string of the molecule is CC[C@@]1(O)C(=O)OCc2c1cc1n(c2=O)Cc2cc3cc(NC(=O)[C@H](C)NC(=O)CC(C)C)c(F)cc3nc2-1. The van der Waals surface area contributed by atoms with Crippen LogP contribution in [0.3, 0.4) is 0 Å². The van der Waals surface area contributed by atoms with Gasteiger partial charge in [0.1, 0.15) is 18.5 Å². The lowest BCUT2D eigenvalue weighted by molar-refractivity contribution is -0.172. The lowest BCUT2D eigenvalue weighted by atomic mass is 9.86. The molecule has 204 valence electrons. The van der Waals surface area contributed by atoms with Gasteiger partial charge in [-0.1, -0.05) is 20.8 Å². The molecule has 0 fully saturated rings. The molecule has 11 heteroatoms.